The number of nitrogens with one attached hydrogen (secondary N) is 1. The minimum absolute atomic E-state index is 0.113. The van der Waals surface area contributed by atoms with Crippen molar-refractivity contribution in [1.82, 2.24) is 20.3 Å². The number of ether oxygens (including phenoxy) is 2. The van der Waals surface area contributed by atoms with Gasteiger partial charge in [0.2, 0.25) is 5.91 Å². The van der Waals surface area contributed by atoms with Gasteiger partial charge >= 0.3 is 11.9 Å². The molecule has 0 radical (unpaired) electrons. The lowest BCUT2D eigenvalue weighted by Gasteiger charge is -2.32. The van der Waals surface area contributed by atoms with Gasteiger partial charge in [0.25, 0.3) is 0 Å². The molecule has 1 N–H and O–H groups in total. The summed E-state index contributed by atoms with van der Waals surface area (Å²) in [5.74, 6) is -1.20. The van der Waals surface area contributed by atoms with Crippen LogP contribution < -0.4 is 5.32 Å². The van der Waals surface area contributed by atoms with Crippen molar-refractivity contribution in [2.75, 3.05) is 6.61 Å². The second-order valence-electron chi connectivity index (χ2n) is 8.21. The Morgan fingerprint density at radius 2 is 1.97 bits per heavy atom. The van der Waals surface area contributed by atoms with Crippen molar-refractivity contribution in [1.29, 1.82) is 0 Å². The average Bonchev–Trinajstić information content (AvgIpc) is 3.10. The smallest absolute Gasteiger partial charge is 0.361 e. The molecule has 0 aliphatic heterocycles. The van der Waals surface area contributed by atoms with E-state index in [1.165, 1.54) is 6.92 Å². The molecule has 1 aliphatic rings. The van der Waals surface area contributed by atoms with E-state index in [9.17, 15) is 14.4 Å². The van der Waals surface area contributed by atoms with Crippen molar-refractivity contribution in [2.24, 2.45) is 0 Å². The molecule has 160 valence electrons. The molecule has 9 nitrogen and oxygen atoms in total. The Morgan fingerprint density at radius 3 is 2.62 bits per heavy atom. The maximum atomic E-state index is 12.5. The molecule has 2 atom stereocenters. The van der Waals surface area contributed by atoms with Crippen molar-refractivity contribution < 1.29 is 23.9 Å². The molecule has 29 heavy (non-hydrogen) atoms. The van der Waals surface area contributed by atoms with Crippen LogP contribution in [0.5, 0.6) is 0 Å². The Balaban J connectivity index is 2.01. The number of esters is 2. The topological polar surface area (TPSA) is 112 Å². The predicted octanol–water partition coefficient (Wildman–Crippen LogP) is 2.34. The Bertz CT molecular complexity index is 765. The molecular formula is C20H30N4O5. The van der Waals surface area contributed by atoms with Crippen LogP contribution in [0.2, 0.25) is 0 Å². The molecule has 1 amide bonds. The van der Waals surface area contributed by atoms with E-state index in [0.29, 0.717) is 5.57 Å². The van der Waals surface area contributed by atoms with E-state index in [-0.39, 0.29) is 36.7 Å². The van der Waals surface area contributed by atoms with Crippen molar-refractivity contribution in [3.63, 3.8) is 0 Å². The molecule has 9 heteroatoms. The SMILES string of the molecule is C=C(CCOC(C)=O)C(=O)N[C@@H]1CCCC[C@@H]1n1cc(C(=O)OC(C)(C)C)nn1. The minimum atomic E-state index is -0.616. The molecule has 1 aromatic heterocycles. The predicted molar refractivity (Wildman–Crippen MR) is 105 cm³/mol. The molecule has 0 aromatic carbocycles. The van der Waals surface area contributed by atoms with Crippen LogP contribution in [0.3, 0.4) is 0 Å². The highest BCUT2D eigenvalue weighted by molar-refractivity contribution is 5.93. The molecule has 1 heterocycles. The number of rotatable bonds is 7. The van der Waals surface area contributed by atoms with Gasteiger partial charge in [-0.1, -0.05) is 24.6 Å². The molecule has 0 bridgehead atoms. The maximum absolute atomic E-state index is 12.5. The van der Waals surface area contributed by atoms with Crippen molar-refractivity contribution in [3.05, 3.63) is 24.0 Å². The van der Waals surface area contributed by atoms with Gasteiger partial charge in [0.1, 0.15) is 5.60 Å². The second kappa shape index (κ2) is 9.67. The fourth-order valence-corrected chi connectivity index (χ4v) is 3.16. The van der Waals surface area contributed by atoms with Crippen LogP contribution in [-0.2, 0) is 19.1 Å². The van der Waals surface area contributed by atoms with Crippen LogP contribution in [-0.4, -0.2) is 51.1 Å². The largest absolute Gasteiger partial charge is 0.466 e. The lowest BCUT2D eigenvalue weighted by atomic mass is 9.90. The van der Waals surface area contributed by atoms with Gasteiger partial charge in [-0.15, -0.1) is 5.10 Å². The maximum Gasteiger partial charge on any atom is 0.361 e. The first-order valence-corrected chi connectivity index (χ1v) is 9.84. The molecular weight excluding hydrogens is 376 g/mol. The van der Waals surface area contributed by atoms with Gasteiger partial charge in [0, 0.05) is 18.9 Å². The first-order chi connectivity index (χ1) is 13.6. The molecule has 0 saturated heterocycles. The van der Waals surface area contributed by atoms with E-state index in [1.54, 1.807) is 31.6 Å². The fraction of sp³-hybridized carbons (Fsp3) is 0.650. The Labute approximate surface area is 170 Å². The van der Waals surface area contributed by atoms with Crippen molar-refractivity contribution in [3.8, 4) is 0 Å². The molecule has 0 spiro atoms. The zero-order valence-electron chi connectivity index (χ0n) is 17.6. The number of aromatic nitrogens is 3. The van der Waals surface area contributed by atoms with Gasteiger partial charge in [0.15, 0.2) is 5.69 Å². The van der Waals surface area contributed by atoms with E-state index in [4.69, 9.17) is 9.47 Å². The van der Waals surface area contributed by atoms with Crippen LogP contribution in [0.4, 0.5) is 0 Å². The molecule has 2 rings (SSSR count). The molecule has 1 saturated carbocycles. The van der Waals surface area contributed by atoms with E-state index in [0.717, 1.165) is 25.7 Å². The summed E-state index contributed by atoms with van der Waals surface area (Å²) in [5.41, 5.74) is -0.126. The first kappa shape index (κ1) is 22.6. The van der Waals surface area contributed by atoms with Crippen molar-refractivity contribution >= 4 is 17.8 Å². The number of amides is 1. The number of carbonyl (C=O) groups is 3. The van der Waals surface area contributed by atoms with Crippen LogP contribution in [0.15, 0.2) is 18.3 Å². The zero-order valence-corrected chi connectivity index (χ0v) is 17.6. The highest BCUT2D eigenvalue weighted by Crippen LogP contribution is 2.28. The normalized spacial score (nSPS) is 19.3. The third kappa shape index (κ3) is 6.99. The van der Waals surface area contributed by atoms with Gasteiger partial charge in [-0.25, -0.2) is 9.48 Å². The summed E-state index contributed by atoms with van der Waals surface area (Å²) in [4.78, 5) is 35.5. The molecule has 1 aliphatic carbocycles. The summed E-state index contributed by atoms with van der Waals surface area (Å²) in [7, 11) is 0. The highest BCUT2D eigenvalue weighted by atomic mass is 16.6. The van der Waals surface area contributed by atoms with E-state index in [1.807, 2.05) is 0 Å². The monoisotopic (exact) mass is 406 g/mol. The van der Waals surface area contributed by atoms with Crippen LogP contribution in [0.25, 0.3) is 0 Å². The lowest BCUT2D eigenvalue weighted by molar-refractivity contribution is -0.141. The standard InChI is InChI=1S/C20H30N4O5/c1-13(10-11-28-14(2)25)18(26)21-15-8-6-7-9-17(15)24-12-16(22-23-24)19(27)29-20(3,4)5/h12,15,17H,1,6-11H2,2-5H3,(H,21,26)/t15-,17+/m1/s1. The third-order valence-electron chi connectivity index (χ3n) is 4.53. The number of carbonyl (C=O) groups excluding carboxylic acids is 3. The van der Waals surface area contributed by atoms with Gasteiger partial charge < -0.3 is 14.8 Å². The van der Waals surface area contributed by atoms with E-state index >= 15 is 0 Å². The van der Waals surface area contributed by atoms with Gasteiger partial charge in [-0.05, 0) is 33.6 Å². The minimum Gasteiger partial charge on any atom is -0.466 e. The third-order valence-corrected chi connectivity index (χ3v) is 4.53. The first-order valence-electron chi connectivity index (χ1n) is 9.84. The molecule has 1 aromatic rings. The van der Waals surface area contributed by atoms with Crippen molar-refractivity contribution in [2.45, 2.75) is 77.5 Å². The van der Waals surface area contributed by atoms with Gasteiger partial charge in [0.05, 0.1) is 24.9 Å². The summed E-state index contributed by atoms with van der Waals surface area (Å²) in [6.07, 6.45) is 5.41. The summed E-state index contributed by atoms with van der Waals surface area (Å²) >= 11 is 0. The Kier molecular flexibility index (Phi) is 7.53. The summed E-state index contributed by atoms with van der Waals surface area (Å²) in [6.45, 7) is 10.6. The Hall–Kier alpha value is -2.71. The van der Waals surface area contributed by atoms with Gasteiger partial charge in [-0.2, -0.15) is 0 Å². The van der Waals surface area contributed by atoms with Gasteiger partial charge in [-0.3, -0.25) is 9.59 Å². The van der Waals surface area contributed by atoms with Crippen LogP contribution in [0, 0.1) is 0 Å². The second-order valence-corrected chi connectivity index (χ2v) is 8.21. The summed E-state index contributed by atoms with van der Waals surface area (Å²) < 4.78 is 11.8. The average molecular weight is 406 g/mol. The van der Waals surface area contributed by atoms with E-state index in [2.05, 4.69) is 22.2 Å². The summed E-state index contributed by atoms with van der Waals surface area (Å²) in [6, 6.07) is -0.271. The number of hydrogen-bond donors (Lipinski definition) is 1. The molecule has 1 fully saturated rings. The zero-order chi connectivity index (χ0) is 21.6. The molecule has 0 unspecified atom stereocenters. The highest BCUT2D eigenvalue weighted by Gasteiger charge is 2.30. The Morgan fingerprint density at radius 1 is 1.28 bits per heavy atom. The van der Waals surface area contributed by atoms with E-state index < -0.39 is 17.5 Å². The van der Waals surface area contributed by atoms with Crippen LogP contribution >= 0.6 is 0 Å². The number of nitrogens with zero attached hydrogens (tertiary/aromatic N) is 3. The fourth-order valence-electron chi connectivity index (χ4n) is 3.16. The van der Waals surface area contributed by atoms with Crippen LogP contribution in [0.1, 0.15) is 76.3 Å². The number of hydrogen-bond acceptors (Lipinski definition) is 7. The quantitative estimate of drug-likeness (QED) is 0.546. The summed E-state index contributed by atoms with van der Waals surface area (Å²) in [5, 5.41) is 11.0. The lowest BCUT2D eigenvalue weighted by Crippen LogP contribution is -2.43.